The average Bonchev–Trinajstić information content (AvgIpc) is 1.47. The molecule has 16 unspecified atom stereocenters. The number of esters is 4. The molecule has 4 heterocycles. The molecular weight excluding hydrogens is 1980 g/mol. The van der Waals surface area contributed by atoms with Crippen molar-refractivity contribution in [2.75, 3.05) is 58.6 Å². The van der Waals surface area contributed by atoms with E-state index < -0.39 is 56.6 Å². The van der Waals surface area contributed by atoms with Crippen molar-refractivity contribution in [2.45, 2.75) is 429 Å². The second kappa shape index (κ2) is 40.4. The maximum atomic E-state index is 13.3. The molecule has 2 N–H and O–H groups in total. The number of rotatable bonds is 11. The molecule has 0 aromatic heterocycles. The third kappa shape index (κ3) is 17.4. The van der Waals surface area contributed by atoms with Gasteiger partial charge in [-0.3, -0.25) is 52.7 Å². The van der Waals surface area contributed by atoms with Crippen molar-refractivity contribution in [3.8, 4) is 0 Å². The summed E-state index contributed by atoms with van der Waals surface area (Å²) in [5, 5.41) is 23.3. The standard InChI is InChI=1S/C32H43NO6.C24H32O6.C24H32O5.C22H28O4.C20H26O3.CH4.2V/c1-20(34)32(39-21(2)35)15-12-26-24-10-13-30(36)19-31(37-16-17-38-31)14-11-27(30)28(24)25(18-29(26,32)3)22-6-8-23(9-7-22)33(4)5;1-15(25)23(29-16(2)26)9-6-18-17-4-8-21-14-22(27-12-13-28-22)10-11-24(21,30-21)19(17)5-7-20(18,23)3;1-15(25)24(29-16(2)26)11-8-21-20-5-4-17-14-23(27-12-13-28-23)10-7-18(17)19(20)6-9-22(21,24)3;1-13(23)22(26-14(2)24)11-9-20-19-6-4-15-12-16(25)5-7-17(15)18(19)8-10-21(20,22)3;1-12(21)20(23)10-8-18-17-5-3-13-11-14(22)4-6-15(13)16(17)7-9-19(18,20)2;;;/h6-9,24-26,36H,10-19H2,1-5H3;5,17-18H,4,6-14H2,1-3H3;6,20-21H,4-5,7-14H2,1-3H3;12,19-20H,4-11H2,1-3H3;11,17-18,23H,3-10H2,1-2H3;1H4;;/t24?,25?,26?,29?,30-,32+;17?,18?,20?,21-,23+,24-;20?,21?,22?,24-;19?,20?,21?,22-;17?,18?,19?,20-;;;/m11000.../s1. The second-order valence-electron chi connectivity index (χ2n) is 50.9. The SMILES string of the molecule is C.CC(=O)O[C@]1(C(C)=O)CCC2C3CCC4=C(CCC5(C4)OCCO5)C3=CCC21C.CC(=O)O[C@]1(C(C)=O)CCC2C3CCC4=CC(=O)CCC4=C3CCC21C.CC(=O)O[C@]1(C(C)=O)CCC2C3CC[C@@]4(O)CC5(CCC4=C3C(c3ccc(N(C)C)cc3)CC21C)OCCO5.CC(=O)O[C@]1(C(C)=O)CCC2C3CC[C@@]45CC6(CC[C@@]4(O5)C3=CCC21C)OCCO6.CC(=O)[C@@]1(O)CCC2C3CCC4=CC(=O)CCC4=C3CCC21C.[V].[V]. The van der Waals surface area contributed by atoms with Crippen LogP contribution in [0.15, 0.2) is 115 Å². The van der Waals surface area contributed by atoms with Crippen molar-refractivity contribution >= 4 is 70.0 Å². The number of aliphatic hydroxyl groups is 2. The summed E-state index contributed by atoms with van der Waals surface area (Å²) in [6, 6.07) is 8.69. The quantitative estimate of drug-likeness (QED) is 0.0899. The van der Waals surface area contributed by atoms with E-state index in [0.29, 0.717) is 151 Å². The molecule has 150 heavy (non-hydrogen) atoms. The van der Waals surface area contributed by atoms with Gasteiger partial charge in [-0.2, -0.15) is 0 Å². The minimum absolute atomic E-state index is 0. The van der Waals surface area contributed by atoms with Crippen LogP contribution in [0.3, 0.4) is 0 Å². The van der Waals surface area contributed by atoms with Crippen LogP contribution in [-0.4, -0.2) is 190 Å². The number of hydrogen-bond acceptors (Lipinski definition) is 25. The van der Waals surface area contributed by atoms with Crippen molar-refractivity contribution in [1.82, 2.24) is 0 Å². The topological polar surface area (TPSA) is 336 Å². The Labute approximate surface area is 911 Å². The first-order valence-corrected chi connectivity index (χ1v) is 56.5. The van der Waals surface area contributed by atoms with Gasteiger partial charge in [-0.1, -0.05) is 88.6 Å². The van der Waals surface area contributed by atoms with Gasteiger partial charge in [-0.15, -0.1) is 0 Å². The van der Waals surface area contributed by atoms with E-state index in [-0.39, 0.29) is 159 Å². The molecule has 816 valence electrons. The number of benzene rings is 1. The average molecular weight is 2140 g/mol. The number of nitrogens with zero attached hydrogens (tertiary/aromatic N) is 1. The molecule has 1 aromatic carbocycles. The molecule has 20 aliphatic carbocycles. The smallest absolute Gasteiger partial charge is 0.303 e. The molecule has 25 nitrogen and oxygen atoms in total. The van der Waals surface area contributed by atoms with Gasteiger partial charge in [0.1, 0.15) is 16.8 Å². The molecule has 24 aliphatic rings. The zero-order valence-corrected chi connectivity index (χ0v) is 94.0. The Balaban J connectivity index is 0.000000123. The van der Waals surface area contributed by atoms with E-state index >= 15 is 0 Å². The number of ketones is 7. The molecule has 0 bridgehead atoms. The number of carbonyl (C=O) groups excluding carboxylic acids is 11. The van der Waals surface area contributed by atoms with Gasteiger partial charge in [0, 0.05) is 169 Å². The normalized spacial score (nSPS) is 41.1. The van der Waals surface area contributed by atoms with Gasteiger partial charge in [0.15, 0.2) is 80.2 Å². The summed E-state index contributed by atoms with van der Waals surface area (Å²) >= 11 is 0. The number of ether oxygens (including phenoxy) is 11. The van der Waals surface area contributed by atoms with Gasteiger partial charge >= 0.3 is 23.9 Å². The van der Waals surface area contributed by atoms with Crippen LogP contribution in [-0.2, 0) is 142 Å². The van der Waals surface area contributed by atoms with E-state index in [1.165, 1.54) is 94.6 Å². The minimum atomic E-state index is -1.13. The number of Topliss-reactive ketones (excluding diaryl/α,β-unsaturated/α-hetero) is 5. The van der Waals surface area contributed by atoms with E-state index in [4.69, 9.17) is 52.1 Å². The van der Waals surface area contributed by atoms with E-state index in [0.717, 1.165) is 198 Å². The third-order valence-corrected chi connectivity index (χ3v) is 44.6. The molecule has 25 rings (SSSR count). The number of fused-ring (bicyclic) bond motifs is 19. The molecule has 15 fully saturated rings. The van der Waals surface area contributed by atoms with E-state index in [1.54, 1.807) is 40.2 Å². The van der Waals surface area contributed by atoms with Crippen LogP contribution in [0.5, 0.6) is 0 Å². The fourth-order valence-corrected chi connectivity index (χ4v) is 37.8. The first-order chi connectivity index (χ1) is 69.6. The molecule has 4 aliphatic heterocycles. The predicted octanol–water partition coefficient (Wildman–Crippen LogP) is 20.9. The second-order valence-corrected chi connectivity index (χ2v) is 50.9. The van der Waals surface area contributed by atoms with Crippen LogP contribution in [0.25, 0.3) is 0 Å². The van der Waals surface area contributed by atoms with Crippen molar-refractivity contribution in [2.24, 2.45) is 86.3 Å². The van der Waals surface area contributed by atoms with Gasteiger partial charge < -0.3 is 67.2 Å². The van der Waals surface area contributed by atoms with Gasteiger partial charge in [-0.25, -0.2) is 0 Å². The Hall–Kier alpha value is -6.68. The van der Waals surface area contributed by atoms with Gasteiger partial charge in [0.05, 0.1) is 45.2 Å². The third-order valence-electron chi connectivity index (χ3n) is 44.6. The van der Waals surface area contributed by atoms with Crippen LogP contribution >= 0.6 is 0 Å². The molecule has 11 saturated carbocycles. The molecular formula is C123H165NO24V2. The van der Waals surface area contributed by atoms with Crippen LogP contribution in [0.4, 0.5) is 5.69 Å². The summed E-state index contributed by atoms with van der Waals surface area (Å²) in [5.41, 5.74) is 11.2. The number of carbonyl (C=O) groups is 11. The first-order valence-electron chi connectivity index (χ1n) is 56.5. The van der Waals surface area contributed by atoms with Gasteiger partial charge in [0.2, 0.25) is 0 Å². The monoisotopic (exact) mass is 2140 g/mol. The summed E-state index contributed by atoms with van der Waals surface area (Å²) in [5.74, 6) is 1.26. The predicted molar refractivity (Wildman–Crippen MR) is 553 cm³/mol. The molecule has 27 heteroatoms. The van der Waals surface area contributed by atoms with E-state index in [2.05, 4.69) is 75.9 Å². The Morgan fingerprint density at radius 3 is 1.32 bits per heavy atom. The van der Waals surface area contributed by atoms with Crippen molar-refractivity contribution < 1.29 is 152 Å². The Morgan fingerprint density at radius 2 is 0.820 bits per heavy atom. The Morgan fingerprint density at radius 1 is 0.387 bits per heavy atom. The van der Waals surface area contributed by atoms with E-state index in [1.807, 2.05) is 26.2 Å². The largest absolute Gasteiger partial charge is 0.451 e. The maximum absolute atomic E-state index is 13.3. The first kappa shape index (κ1) is 113. The number of hydrogen-bond donors (Lipinski definition) is 2. The fourth-order valence-electron chi connectivity index (χ4n) is 37.8. The summed E-state index contributed by atoms with van der Waals surface area (Å²) in [6.07, 6.45) is 42.5. The molecule has 3 spiro atoms. The van der Waals surface area contributed by atoms with E-state index in [9.17, 15) is 63.0 Å². The fraction of sp³-hybridized carbons (Fsp3) is 0.732. The zero-order valence-electron chi connectivity index (χ0n) is 91.2. The summed E-state index contributed by atoms with van der Waals surface area (Å²) < 4.78 is 66.2. The van der Waals surface area contributed by atoms with Crippen LogP contribution in [0.2, 0.25) is 0 Å². The number of allylic oxidation sites excluding steroid dienone is 13. The summed E-state index contributed by atoms with van der Waals surface area (Å²) in [7, 11) is 4.07. The Bertz CT molecular complexity index is 5930. The van der Waals surface area contributed by atoms with Crippen molar-refractivity contribution in [1.29, 1.82) is 0 Å². The molecule has 4 saturated heterocycles. The molecule has 2 radical (unpaired) electrons. The maximum Gasteiger partial charge on any atom is 0.303 e. The van der Waals surface area contributed by atoms with Crippen molar-refractivity contribution in [3.05, 3.63) is 121 Å². The summed E-state index contributed by atoms with van der Waals surface area (Å²) in [6.45, 7) is 28.4. The minimum Gasteiger partial charge on any atom is -0.451 e. The number of anilines is 1. The summed E-state index contributed by atoms with van der Waals surface area (Å²) in [4.78, 5) is 137. The number of epoxide rings is 1. The molecule has 1 aromatic rings. The Kier molecular flexibility index (Phi) is 30.4. The molecule has 0 amide bonds. The zero-order chi connectivity index (χ0) is 104. The van der Waals surface area contributed by atoms with Gasteiger partial charge in [-0.05, 0) is 374 Å². The van der Waals surface area contributed by atoms with Crippen LogP contribution in [0, 0.1) is 86.3 Å². The van der Waals surface area contributed by atoms with Crippen molar-refractivity contribution in [3.63, 3.8) is 0 Å². The van der Waals surface area contributed by atoms with Crippen LogP contribution < -0.4 is 4.90 Å². The van der Waals surface area contributed by atoms with Gasteiger partial charge in [0.25, 0.3) is 0 Å². The van der Waals surface area contributed by atoms with Crippen LogP contribution in [0.1, 0.15) is 373 Å². The molecule has 24 atom stereocenters.